The lowest BCUT2D eigenvalue weighted by Crippen LogP contribution is -2.41. The topological polar surface area (TPSA) is 58.2 Å². The van der Waals surface area contributed by atoms with Gasteiger partial charge in [-0.3, -0.25) is 0 Å². The largest absolute Gasteiger partial charge is 0.316 e. The van der Waals surface area contributed by atoms with Crippen LogP contribution in [0.3, 0.4) is 0 Å². The molecular weight excluding hydrogens is 224 g/mol. The zero-order valence-corrected chi connectivity index (χ0v) is 11.9. The summed E-state index contributed by atoms with van der Waals surface area (Å²) < 4.78 is 26.3. The van der Waals surface area contributed by atoms with Gasteiger partial charge in [0, 0.05) is 13.1 Å². The highest BCUT2D eigenvalue weighted by molar-refractivity contribution is 7.90. The summed E-state index contributed by atoms with van der Waals surface area (Å²) in [5.41, 5.74) is 0. The summed E-state index contributed by atoms with van der Waals surface area (Å²) in [6.45, 7) is 11.8. The lowest BCUT2D eigenvalue weighted by molar-refractivity contribution is 0.413. The predicted octanol–water partition coefficient (Wildman–Crippen LogP) is 1.20. The van der Waals surface area contributed by atoms with E-state index in [-0.39, 0.29) is 5.25 Å². The van der Waals surface area contributed by atoms with Gasteiger partial charge in [0.1, 0.15) is 0 Å². The Kier molecular flexibility index (Phi) is 7.19. The Morgan fingerprint density at radius 2 is 1.62 bits per heavy atom. The maximum atomic E-state index is 11.8. The van der Waals surface area contributed by atoms with Gasteiger partial charge in [0.25, 0.3) is 0 Å². The monoisotopic (exact) mass is 250 g/mol. The number of hydrogen-bond acceptors (Lipinski definition) is 3. The second-order valence-corrected chi connectivity index (χ2v) is 6.92. The lowest BCUT2D eigenvalue weighted by atomic mass is 9.99. The number of rotatable bonds is 8. The van der Waals surface area contributed by atoms with Crippen LogP contribution < -0.4 is 10.0 Å². The molecule has 4 nitrogen and oxygen atoms in total. The van der Waals surface area contributed by atoms with E-state index in [9.17, 15) is 8.42 Å². The van der Waals surface area contributed by atoms with Crippen LogP contribution in [0.15, 0.2) is 0 Å². The van der Waals surface area contributed by atoms with Crippen molar-refractivity contribution in [1.29, 1.82) is 0 Å². The molecule has 16 heavy (non-hydrogen) atoms. The van der Waals surface area contributed by atoms with Crippen LogP contribution in [0.5, 0.6) is 0 Å². The molecule has 2 atom stereocenters. The molecule has 0 aromatic heterocycles. The van der Waals surface area contributed by atoms with Crippen LogP contribution in [0.2, 0.25) is 0 Å². The summed E-state index contributed by atoms with van der Waals surface area (Å²) >= 11 is 0. The van der Waals surface area contributed by atoms with Gasteiger partial charge in [-0.05, 0) is 25.3 Å². The summed E-state index contributed by atoms with van der Waals surface area (Å²) in [7, 11) is -3.17. The van der Waals surface area contributed by atoms with Crippen molar-refractivity contribution in [1.82, 2.24) is 10.0 Å². The highest BCUT2D eigenvalue weighted by atomic mass is 32.2. The van der Waals surface area contributed by atoms with Gasteiger partial charge in [0.2, 0.25) is 10.0 Å². The molecule has 0 aliphatic heterocycles. The molecule has 0 saturated carbocycles. The third-order valence-electron chi connectivity index (χ3n) is 2.96. The highest BCUT2D eigenvalue weighted by Gasteiger charge is 2.20. The number of hydrogen-bond donors (Lipinski definition) is 2. The fraction of sp³-hybridized carbons (Fsp3) is 1.00. The van der Waals surface area contributed by atoms with Crippen molar-refractivity contribution >= 4 is 10.0 Å². The molecule has 0 spiro atoms. The zero-order valence-electron chi connectivity index (χ0n) is 11.1. The van der Waals surface area contributed by atoms with Gasteiger partial charge in [-0.1, -0.05) is 27.7 Å². The standard InChI is InChI=1S/C11H26N2O2S/c1-6-12-8-11(5)16(14,15)13-7-10(4)9(2)3/h9-13H,6-8H2,1-5H3. The van der Waals surface area contributed by atoms with Crippen molar-refractivity contribution < 1.29 is 8.42 Å². The molecule has 98 valence electrons. The third-order valence-corrected chi connectivity index (χ3v) is 4.75. The Morgan fingerprint density at radius 1 is 1.06 bits per heavy atom. The van der Waals surface area contributed by atoms with E-state index in [4.69, 9.17) is 0 Å². The van der Waals surface area contributed by atoms with Gasteiger partial charge in [-0.25, -0.2) is 13.1 Å². The van der Waals surface area contributed by atoms with Crippen LogP contribution in [-0.2, 0) is 10.0 Å². The Labute approximate surface area is 100 Å². The van der Waals surface area contributed by atoms with E-state index in [2.05, 4.69) is 30.8 Å². The van der Waals surface area contributed by atoms with E-state index in [0.717, 1.165) is 6.54 Å². The van der Waals surface area contributed by atoms with Gasteiger partial charge in [-0.15, -0.1) is 0 Å². The van der Waals surface area contributed by atoms with Crippen LogP contribution in [-0.4, -0.2) is 33.3 Å². The van der Waals surface area contributed by atoms with Crippen LogP contribution in [0.25, 0.3) is 0 Å². The van der Waals surface area contributed by atoms with Crippen molar-refractivity contribution in [2.45, 2.75) is 39.9 Å². The Bertz CT molecular complexity index is 276. The fourth-order valence-corrected chi connectivity index (χ4v) is 2.20. The van der Waals surface area contributed by atoms with Gasteiger partial charge in [0.05, 0.1) is 5.25 Å². The SMILES string of the molecule is CCNCC(C)S(=O)(=O)NCC(C)C(C)C. The van der Waals surface area contributed by atoms with E-state index < -0.39 is 10.0 Å². The second-order valence-electron chi connectivity index (χ2n) is 4.73. The Hall–Kier alpha value is -0.130. The van der Waals surface area contributed by atoms with E-state index >= 15 is 0 Å². The molecule has 2 unspecified atom stereocenters. The van der Waals surface area contributed by atoms with E-state index in [1.807, 2.05) is 6.92 Å². The van der Waals surface area contributed by atoms with E-state index in [1.165, 1.54) is 0 Å². The number of nitrogens with one attached hydrogen (secondary N) is 2. The minimum Gasteiger partial charge on any atom is -0.316 e. The Morgan fingerprint density at radius 3 is 2.06 bits per heavy atom. The highest BCUT2D eigenvalue weighted by Crippen LogP contribution is 2.09. The van der Waals surface area contributed by atoms with E-state index in [0.29, 0.717) is 24.9 Å². The normalized spacial score (nSPS) is 16.4. The molecular formula is C11H26N2O2S. The predicted molar refractivity (Wildman–Crippen MR) is 68.9 cm³/mol. The number of sulfonamides is 1. The summed E-state index contributed by atoms with van der Waals surface area (Å²) in [5.74, 6) is 0.855. The van der Waals surface area contributed by atoms with Gasteiger partial charge >= 0.3 is 0 Å². The van der Waals surface area contributed by atoms with Crippen LogP contribution in [0.1, 0.15) is 34.6 Å². The first-order valence-corrected chi connectivity index (χ1v) is 7.55. The molecule has 2 N–H and O–H groups in total. The first kappa shape index (κ1) is 15.9. The Balaban J connectivity index is 4.14. The van der Waals surface area contributed by atoms with Crippen LogP contribution in [0.4, 0.5) is 0 Å². The fourth-order valence-electron chi connectivity index (χ4n) is 1.08. The molecule has 0 radical (unpaired) electrons. The molecule has 0 aliphatic carbocycles. The van der Waals surface area contributed by atoms with Gasteiger partial charge < -0.3 is 5.32 Å². The maximum Gasteiger partial charge on any atom is 0.215 e. The summed E-state index contributed by atoms with van der Waals surface area (Å²) in [6, 6.07) is 0. The van der Waals surface area contributed by atoms with Gasteiger partial charge in [0.15, 0.2) is 0 Å². The van der Waals surface area contributed by atoms with Crippen LogP contribution >= 0.6 is 0 Å². The summed E-state index contributed by atoms with van der Waals surface area (Å²) in [4.78, 5) is 0. The molecule has 0 aliphatic rings. The molecule has 0 bridgehead atoms. The quantitative estimate of drug-likeness (QED) is 0.680. The molecule has 0 fully saturated rings. The minimum absolute atomic E-state index is 0.362. The average Bonchev–Trinajstić information content (AvgIpc) is 2.22. The van der Waals surface area contributed by atoms with Crippen molar-refractivity contribution in [2.75, 3.05) is 19.6 Å². The summed E-state index contributed by atoms with van der Waals surface area (Å²) in [5, 5.41) is 2.66. The van der Waals surface area contributed by atoms with Crippen molar-refractivity contribution in [3.05, 3.63) is 0 Å². The van der Waals surface area contributed by atoms with E-state index in [1.54, 1.807) is 6.92 Å². The first-order valence-electron chi connectivity index (χ1n) is 6.00. The molecule has 0 aromatic carbocycles. The van der Waals surface area contributed by atoms with Crippen molar-refractivity contribution in [3.8, 4) is 0 Å². The van der Waals surface area contributed by atoms with Crippen LogP contribution in [0, 0.1) is 11.8 Å². The molecule has 5 heteroatoms. The van der Waals surface area contributed by atoms with Gasteiger partial charge in [-0.2, -0.15) is 0 Å². The second kappa shape index (κ2) is 7.25. The summed E-state index contributed by atoms with van der Waals surface area (Å²) in [6.07, 6.45) is 0. The maximum absolute atomic E-state index is 11.8. The molecule has 0 amide bonds. The van der Waals surface area contributed by atoms with Crippen molar-refractivity contribution in [3.63, 3.8) is 0 Å². The lowest BCUT2D eigenvalue weighted by Gasteiger charge is -2.19. The molecule has 0 saturated heterocycles. The smallest absolute Gasteiger partial charge is 0.215 e. The van der Waals surface area contributed by atoms with Crippen molar-refractivity contribution in [2.24, 2.45) is 11.8 Å². The molecule has 0 aromatic rings. The molecule has 0 heterocycles. The third kappa shape index (κ3) is 5.82. The minimum atomic E-state index is -3.17. The molecule has 0 rings (SSSR count). The average molecular weight is 250 g/mol. The zero-order chi connectivity index (χ0) is 12.8. The first-order chi connectivity index (χ1) is 7.31.